The van der Waals surface area contributed by atoms with Crippen molar-refractivity contribution in [1.29, 1.82) is 0 Å². The largest absolute Gasteiger partial charge is 0.496 e. The summed E-state index contributed by atoms with van der Waals surface area (Å²) in [5.74, 6) is 1.49. The maximum Gasteiger partial charge on any atom is 0.165 e. The number of hydrogen-bond acceptors (Lipinski definition) is 2. The van der Waals surface area contributed by atoms with Crippen molar-refractivity contribution in [2.24, 2.45) is 0 Å². The molecule has 0 fully saturated rings. The number of aryl methyl sites for hydroxylation is 1. The van der Waals surface area contributed by atoms with E-state index in [1.807, 2.05) is 19.9 Å². The van der Waals surface area contributed by atoms with Gasteiger partial charge in [0.15, 0.2) is 5.78 Å². The number of hydrogen-bond donors (Lipinski definition) is 0. The van der Waals surface area contributed by atoms with Crippen LogP contribution >= 0.6 is 0 Å². The maximum atomic E-state index is 12.3. The molecule has 2 nitrogen and oxygen atoms in total. The van der Waals surface area contributed by atoms with E-state index < -0.39 is 5.41 Å². The Hall–Kier alpha value is -2.09. The number of ether oxygens (including phenoxy) is 1. The molecule has 1 aliphatic rings. The highest BCUT2D eigenvalue weighted by Crippen LogP contribution is 2.40. The van der Waals surface area contributed by atoms with Crippen molar-refractivity contribution in [3.63, 3.8) is 0 Å². The Morgan fingerprint density at radius 2 is 1.78 bits per heavy atom. The van der Waals surface area contributed by atoms with Gasteiger partial charge < -0.3 is 4.74 Å². The Labute approximate surface area is 138 Å². The number of carbonyl (C=O) groups excluding carboxylic acids is 1. The lowest BCUT2D eigenvalue weighted by Crippen LogP contribution is -2.30. The molecule has 0 bridgehead atoms. The summed E-state index contributed by atoms with van der Waals surface area (Å²) in [5, 5.41) is 2.38. The molecule has 2 aromatic carbocycles. The van der Waals surface area contributed by atoms with Gasteiger partial charge in [-0.2, -0.15) is 0 Å². The van der Waals surface area contributed by atoms with E-state index in [1.165, 1.54) is 27.5 Å². The lowest BCUT2D eigenvalue weighted by molar-refractivity contribution is -0.118. The van der Waals surface area contributed by atoms with E-state index in [-0.39, 0.29) is 5.78 Å². The van der Waals surface area contributed by atoms with Crippen LogP contribution in [0.5, 0.6) is 5.75 Å². The fourth-order valence-electron chi connectivity index (χ4n) is 3.50. The van der Waals surface area contributed by atoms with E-state index in [0.717, 1.165) is 11.3 Å². The van der Waals surface area contributed by atoms with Crippen molar-refractivity contribution < 1.29 is 9.53 Å². The van der Waals surface area contributed by atoms with Crippen molar-refractivity contribution in [1.82, 2.24) is 0 Å². The van der Waals surface area contributed by atoms with Crippen LogP contribution in [-0.4, -0.2) is 12.9 Å². The first-order valence-corrected chi connectivity index (χ1v) is 8.15. The standard InChI is InChI=1S/C21H24O2/c1-12(2)16-9-14-10-18-15(7-8-20(22)21(18,4)5)13(3)17(14)11-19(16)23-6/h7-12H,1-6H3. The summed E-state index contributed by atoms with van der Waals surface area (Å²) in [6.45, 7) is 10.5. The van der Waals surface area contributed by atoms with Gasteiger partial charge in [-0.25, -0.2) is 0 Å². The van der Waals surface area contributed by atoms with Crippen LogP contribution in [0.15, 0.2) is 24.3 Å². The van der Waals surface area contributed by atoms with Gasteiger partial charge in [0, 0.05) is 0 Å². The predicted molar refractivity (Wildman–Crippen MR) is 96.4 cm³/mol. The molecule has 0 unspecified atom stereocenters. The topological polar surface area (TPSA) is 26.3 Å². The second-order valence-electron chi connectivity index (χ2n) is 7.26. The summed E-state index contributed by atoms with van der Waals surface area (Å²) < 4.78 is 5.60. The smallest absolute Gasteiger partial charge is 0.165 e. The van der Waals surface area contributed by atoms with Crippen LogP contribution in [0.2, 0.25) is 0 Å². The Morgan fingerprint density at radius 3 is 2.39 bits per heavy atom. The molecule has 0 saturated carbocycles. The highest BCUT2D eigenvalue weighted by atomic mass is 16.5. The fraction of sp³-hybridized carbons (Fsp3) is 0.381. The van der Waals surface area contributed by atoms with Crippen molar-refractivity contribution in [3.05, 3.63) is 46.5 Å². The molecule has 0 heterocycles. The van der Waals surface area contributed by atoms with Gasteiger partial charge >= 0.3 is 0 Å². The van der Waals surface area contributed by atoms with Gasteiger partial charge in [0.2, 0.25) is 0 Å². The predicted octanol–water partition coefficient (Wildman–Crippen LogP) is 5.15. The van der Waals surface area contributed by atoms with Gasteiger partial charge in [0.25, 0.3) is 0 Å². The molecule has 2 aromatic rings. The summed E-state index contributed by atoms with van der Waals surface area (Å²) >= 11 is 0. The third-order valence-electron chi connectivity index (χ3n) is 5.11. The Morgan fingerprint density at radius 1 is 1.09 bits per heavy atom. The average Bonchev–Trinajstić information content (AvgIpc) is 2.50. The third-order valence-corrected chi connectivity index (χ3v) is 5.11. The highest BCUT2D eigenvalue weighted by molar-refractivity contribution is 6.07. The minimum Gasteiger partial charge on any atom is -0.496 e. The molecule has 120 valence electrons. The Balaban J connectivity index is 2.39. The lowest BCUT2D eigenvalue weighted by Gasteiger charge is -2.29. The lowest BCUT2D eigenvalue weighted by atomic mass is 9.73. The van der Waals surface area contributed by atoms with Gasteiger partial charge in [-0.05, 0) is 84.0 Å². The second-order valence-corrected chi connectivity index (χ2v) is 7.26. The summed E-state index contributed by atoms with van der Waals surface area (Å²) in [5.41, 5.74) is 4.23. The third kappa shape index (κ3) is 2.28. The van der Waals surface area contributed by atoms with Crippen LogP contribution in [0.4, 0.5) is 0 Å². The van der Waals surface area contributed by atoms with E-state index >= 15 is 0 Å². The van der Waals surface area contributed by atoms with Crippen molar-refractivity contribution in [2.75, 3.05) is 7.11 Å². The molecular formula is C21H24O2. The minimum absolute atomic E-state index is 0.168. The monoisotopic (exact) mass is 308 g/mol. The van der Waals surface area contributed by atoms with Gasteiger partial charge in [0.1, 0.15) is 5.75 Å². The van der Waals surface area contributed by atoms with Gasteiger partial charge in [0.05, 0.1) is 12.5 Å². The van der Waals surface area contributed by atoms with Crippen LogP contribution in [0.3, 0.4) is 0 Å². The average molecular weight is 308 g/mol. The molecule has 0 atom stereocenters. The molecule has 2 heteroatoms. The number of ketones is 1. The van der Waals surface area contributed by atoms with Gasteiger partial charge in [-0.15, -0.1) is 0 Å². The van der Waals surface area contributed by atoms with E-state index in [2.05, 4.69) is 39.0 Å². The van der Waals surface area contributed by atoms with E-state index in [4.69, 9.17) is 4.74 Å². The molecule has 23 heavy (non-hydrogen) atoms. The Bertz CT molecular complexity index is 839. The maximum absolute atomic E-state index is 12.3. The van der Waals surface area contributed by atoms with Crippen LogP contribution in [0, 0.1) is 6.92 Å². The summed E-state index contributed by atoms with van der Waals surface area (Å²) in [4.78, 5) is 12.3. The molecule has 0 aromatic heterocycles. The molecule has 0 saturated heterocycles. The number of methoxy groups -OCH3 is 1. The normalized spacial score (nSPS) is 16.0. The molecule has 0 amide bonds. The Kier molecular flexibility index (Phi) is 3.59. The van der Waals surface area contributed by atoms with Gasteiger partial charge in [-0.3, -0.25) is 4.79 Å². The zero-order chi connectivity index (χ0) is 16.9. The molecule has 3 rings (SSSR count). The van der Waals surface area contributed by atoms with E-state index in [0.29, 0.717) is 5.92 Å². The zero-order valence-electron chi connectivity index (χ0n) is 14.8. The number of allylic oxidation sites excluding steroid dienone is 1. The van der Waals surface area contributed by atoms with Crippen molar-refractivity contribution >= 4 is 22.6 Å². The highest BCUT2D eigenvalue weighted by Gasteiger charge is 2.33. The van der Waals surface area contributed by atoms with Crippen LogP contribution in [-0.2, 0) is 10.2 Å². The zero-order valence-corrected chi connectivity index (χ0v) is 14.8. The first-order chi connectivity index (χ1) is 10.8. The van der Waals surface area contributed by atoms with E-state index in [1.54, 1.807) is 13.2 Å². The molecule has 1 aliphatic carbocycles. The quantitative estimate of drug-likeness (QED) is 0.766. The van der Waals surface area contributed by atoms with Crippen molar-refractivity contribution in [3.8, 4) is 5.75 Å². The van der Waals surface area contributed by atoms with Crippen LogP contribution in [0.25, 0.3) is 16.8 Å². The SMILES string of the molecule is COc1cc2c(C)c3c(cc2cc1C(C)C)C(C)(C)C(=O)C=C3. The number of benzene rings is 2. The van der Waals surface area contributed by atoms with Crippen LogP contribution < -0.4 is 4.74 Å². The summed E-state index contributed by atoms with van der Waals surface area (Å²) in [7, 11) is 1.72. The van der Waals surface area contributed by atoms with Crippen molar-refractivity contribution in [2.45, 2.75) is 46.0 Å². The minimum atomic E-state index is -0.471. The molecule has 0 aliphatic heterocycles. The second kappa shape index (κ2) is 5.23. The van der Waals surface area contributed by atoms with Gasteiger partial charge in [-0.1, -0.05) is 19.9 Å². The number of carbonyl (C=O) groups is 1. The summed E-state index contributed by atoms with van der Waals surface area (Å²) in [6, 6.07) is 6.53. The number of rotatable bonds is 2. The molecule has 0 spiro atoms. The molecular weight excluding hydrogens is 284 g/mol. The first-order valence-electron chi connectivity index (χ1n) is 8.15. The number of fused-ring (bicyclic) bond motifs is 2. The van der Waals surface area contributed by atoms with E-state index in [9.17, 15) is 4.79 Å². The first kappa shape index (κ1) is 15.8. The molecule has 0 N–H and O–H groups in total. The molecule has 0 radical (unpaired) electrons. The summed E-state index contributed by atoms with van der Waals surface area (Å²) in [6.07, 6.45) is 3.67. The van der Waals surface area contributed by atoms with Crippen LogP contribution in [0.1, 0.15) is 55.9 Å². The fourth-order valence-corrected chi connectivity index (χ4v) is 3.50.